The number of H-pyrrole nitrogens is 1. The number of aromatic nitrogens is 1. The average molecular weight is 193 g/mol. The number of hydrogen-bond donors (Lipinski definition) is 1. The summed E-state index contributed by atoms with van der Waals surface area (Å²) >= 11 is 0. The summed E-state index contributed by atoms with van der Waals surface area (Å²) in [7, 11) is 0. The molecule has 2 rings (SSSR count). The number of hydrogen-bond acceptors (Lipinski definition) is 2. The fraction of sp³-hybridized carbons (Fsp3) is 0. The van der Waals surface area contributed by atoms with Gasteiger partial charge in [-0.3, -0.25) is 0 Å². The van der Waals surface area contributed by atoms with E-state index in [9.17, 15) is 0 Å². The summed E-state index contributed by atoms with van der Waals surface area (Å²) in [5.74, 6) is 0. The lowest BCUT2D eigenvalue weighted by molar-refractivity contribution is 1.39. The van der Waals surface area contributed by atoms with Crippen molar-refractivity contribution in [2.75, 3.05) is 0 Å². The predicted molar refractivity (Wildman–Crippen MR) is 55.7 cm³/mol. The first kappa shape index (κ1) is 9.05. The second-order valence-electron chi connectivity index (χ2n) is 3.04. The van der Waals surface area contributed by atoms with Gasteiger partial charge in [-0.1, -0.05) is 30.3 Å². The quantitative estimate of drug-likeness (QED) is 0.755. The zero-order chi connectivity index (χ0) is 10.7. The van der Waals surface area contributed by atoms with Gasteiger partial charge in [-0.2, -0.15) is 10.5 Å². The van der Waals surface area contributed by atoms with Crippen molar-refractivity contribution < 1.29 is 0 Å². The van der Waals surface area contributed by atoms with Crippen LogP contribution in [-0.2, 0) is 0 Å². The highest BCUT2D eigenvalue weighted by Crippen LogP contribution is 2.23. The van der Waals surface area contributed by atoms with Crippen molar-refractivity contribution in [1.29, 1.82) is 10.5 Å². The molecule has 0 spiro atoms. The van der Waals surface area contributed by atoms with Crippen LogP contribution in [0.3, 0.4) is 0 Å². The minimum Gasteiger partial charge on any atom is -0.359 e. The van der Waals surface area contributed by atoms with Gasteiger partial charge in [0.2, 0.25) is 0 Å². The lowest BCUT2D eigenvalue weighted by atomic mass is 10.1. The lowest BCUT2D eigenvalue weighted by Gasteiger charge is -1.97. The van der Waals surface area contributed by atoms with Gasteiger partial charge in [0.05, 0.1) is 16.8 Å². The van der Waals surface area contributed by atoms with Gasteiger partial charge in [-0.25, -0.2) is 0 Å². The molecule has 15 heavy (non-hydrogen) atoms. The average Bonchev–Trinajstić information content (AvgIpc) is 2.72. The molecular formula is C12H7N3. The van der Waals surface area contributed by atoms with Gasteiger partial charge in [0, 0.05) is 6.20 Å². The summed E-state index contributed by atoms with van der Waals surface area (Å²) < 4.78 is 0. The number of nitrogens with one attached hydrogen (secondary N) is 1. The Morgan fingerprint density at radius 1 is 1.00 bits per heavy atom. The largest absolute Gasteiger partial charge is 0.359 e. The smallest absolute Gasteiger partial charge is 0.103 e. The highest BCUT2D eigenvalue weighted by molar-refractivity contribution is 5.70. The molecular weight excluding hydrogens is 186 g/mol. The molecule has 1 aromatic heterocycles. The molecule has 0 unspecified atom stereocenters. The third kappa shape index (κ3) is 1.47. The highest BCUT2D eigenvalue weighted by atomic mass is 14.7. The molecule has 0 bridgehead atoms. The van der Waals surface area contributed by atoms with Crippen LogP contribution in [0.25, 0.3) is 11.3 Å². The molecule has 1 aromatic carbocycles. The Balaban J connectivity index is 2.62. The predicted octanol–water partition coefficient (Wildman–Crippen LogP) is 2.43. The molecule has 3 heteroatoms. The van der Waals surface area contributed by atoms with Crippen LogP contribution in [0.5, 0.6) is 0 Å². The summed E-state index contributed by atoms with van der Waals surface area (Å²) in [5, 5.41) is 17.7. The molecule has 0 saturated carbocycles. The Hall–Kier alpha value is -2.52. The van der Waals surface area contributed by atoms with Crippen LogP contribution in [0, 0.1) is 22.7 Å². The molecule has 0 aliphatic rings. The van der Waals surface area contributed by atoms with E-state index in [0.717, 1.165) is 5.56 Å². The standard InChI is InChI=1S/C12H7N3/c13-6-10-8-15-12(11(10)7-14)9-4-2-1-3-5-9/h1-5,8,15H. The van der Waals surface area contributed by atoms with Crippen LogP contribution in [0.4, 0.5) is 0 Å². The molecule has 0 amide bonds. The first-order valence-electron chi connectivity index (χ1n) is 4.44. The van der Waals surface area contributed by atoms with E-state index in [-0.39, 0.29) is 0 Å². The fourth-order valence-corrected chi connectivity index (χ4v) is 1.46. The van der Waals surface area contributed by atoms with Crippen LogP contribution >= 0.6 is 0 Å². The monoisotopic (exact) mass is 193 g/mol. The normalized spacial score (nSPS) is 9.20. The van der Waals surface area contributed by atoms with Gasteiger partial charge < -0.3 is 4.98 Å². The number of benzene rings is 1. The summed E-state index contributed by atoms with van der Waals surface area (Å²) in [4.78, 5) is 2.95. The molecule has 1 N–H and O–H groups in total. The van der Waals surface area contributed by atoms with E-state index >= 15 is 0 Å². The topological polar surface area (TPSA) is 63.4 Å². The first-order chi connectivity index (χ1) is 7.36. The van der Waals surface area contributed by atoms with Crippen molar-refractivity contribution in [3.8, 4) is 23.4 Å². The van der Waals surface area contributed by atoms with Crippen LogP contribution in [-0.4, -0.2) is 4.98 Å². The minimum atomic E-state index is 0.386. The summed E-state index contributed by atoms with van der Waals surface area (Å²) in [5.41, 5.74) is 2.41. The molecule has 0 saturated heterocycles. The zero-order valence-corrected chi connectivity index (χ0v) is 7.86. The van der Waals surface area contributed by atoms with Crippen molar-refractivity contribution in [3.63, 3.8) is 0 Å². The van der Waals surface area contributed by atoms with E-state index in [2.05, 4.69) is 4.98 Å². The number of rotatable bonds is 1. The molecule has 0 aliphatic heterocycles. The Labute approximate surface area is 87.2 Å². The highest BCUT2D eigenvalue weighted by Gasteiger charge is 2.11. The van der Waals surface area contributed by atoms with Crippen LogP contribution < -0.4 is 0 Å². The summed E-state index contributed by atoms with van der Waals surface area (Å²) in [6.07, 6.45) is 1.56. The first-order valence-corrected chi connectivity index (χ1v) is 4.44. The minimum absolute atomic E-state index is 0.386. The van der Waals surface area contributed by atoms with E-state index in [1.54, 1.807) is 6.20 Å². The number of nitriles is 2. The number of nitrogens with zero attached hydrogens (tertiary/aromatic N) is 2. The molecule has 0 atom stereocenters. The van der Waals surface area contributed by atoms with E-state index in [1.807, 2.05) is 42.5 Å². The third-order valence-corrected chi connectivity index (χ3v) is 2.17. The molecule has 0 aliphatic carbocycles. The third-order valence-electron chi connectivity index (χ3n) is 2.17. The maximum atomic E-state index is 8.96. The zero-order valence-electron chi connectivity index (χ0n) is 7.86. The van der Waals surface area contributed by atoms with E-state index in [4.69, 9.17) is 10.5 Å². The van der Waals surface area contributed by atoms with Gasteiger partial charge in [0.25, 0.3) is 0 Å². The van der Waals surface area contributed by atoms with E-state index in [0.29, 0.717) is 16.8 Å². The second-order valence-corrected chi connectivity index (χ2v) is 3.04. The lowest BCUT2D eigenvalue weighted by Crippen LogP contribution is -1.82. The Kier molecular flexibility index (Phi) is 2.23. The Bertz CT molecular complexity index is 553. The molecule has 0 fully saturated rings. The molecule has 1 heterocycles. The van der Waals surface area contributed by atoms with Gasteiger partial charge in [0.15, 0.2) is 0 Å². The summed E-state index contributed by atoms with van der Waals surface area (Å²) in [6, 6.07) is 13.5. The van der Waals surface area contributed by atoms with Crippen LogP contribution in [0.15, 0.2) is 36.5 Å². The molecule has 2 aromatic rings. The van der Waals surface area contributed by atoms with Gasteiger partial charge >= 0.3 is 0 Å². The van der Waals surface area contributed by atoms with Gasteiger partial charge in [-0.15, -0.1) is 0 Å². The summed E-state index contributed by atoms with van der Waals surface area (Å²) in [6.45, 7) is 0. The maximum Gasteiger partial charge on any atom is 0.103 e. The van der Waals surface area contributed by atoms with Crippen LogP contribution in [0.2, 0.25) is 0 Å². The van der Waals surface area contributed by atoms with Crippen molar-refractivity contribution in [2.45, 2.75) is 0 Å². The molecule has 70 valence electrons. The second kappa shape index (κ2) is 3.69. The van der Waals surface area contributed by atoms with E-state index < -0.39 is 0 Å². The van der Waals surface area contributed by atoms with Gasteiger partial charge in [0.1, 0.15) is 12.1 Å². The molecule has 0 radical (unpaired) electrons. The van der Waals surface area contributed by atoms with Crippen molar-refractivity contribution >= 4 is 0 Å². The van der Waals surface area contributed by atoms with E-state index in [1.165, 1.54) is 0 Å². The maximum absolute atomic E-state index is 8.96. The van der Waals surface area contributed by atoms with Crippen molar-refractivity contribution in [3.05, 3.63) is 47.7 Å². The SMILES string of the molecule is N#Cc1c[nH]c(-c2ccccc2)c1C#N. The number of aromatic amines is 1. The van der Waals surface area contributed by atoms with Crippen molar-refractivity contribution in [1.82, 2.24) is 4.98 Å². The Morgan fingerprint density at radius 3 is 2.33 bits per heavy atom. The van der Waals surface area contributed by atoms with Crippen molar-refractivity contribution in [2.24, 2.45) is 0 Å². The fourth-order valence-electron chi connectivity index (χ4n) is 1.46. The van der Waals surface area contributed by atoms with Crippen LogP contribution in [0.1, 0.15) is 11.1 Å². The Morgan fingerprint density at radius 2 is 1.73 bits per heavy atom. The molecule has 3 nitrogen and oxygen atoms in total. The van der Waals surface area contributed by atoms with Gasteiger partial charge in [-0.05, 0) is 5.56 Å².